The number of carbonyl (C=O) groups excluding carboxylic acids is 2. The quantitative estimate of drug-likeness (QED) is 0.788. The van der Waals surface area contributed by atoms with Crippen LogP contribution in [0.2, 0.25) is 0 Å². The Hall–Kier alpha value is -2.60. The van der Waals surface area contributed by atoms with Crippen LogP contribution >= 0.6 is 0 Å². The molecule has 0 bridgehead atoms. The molecule has 0 radical (unpaired) electrons. The zero-order valence-corrected chi connectivity index (χ0v) is 16.7. The smallest absolute Gasteiger partial charge is 0.260 e. The van der Waals surface area contributed by atoms with E-state index in [-0.39, 0.29) is 24.5 Å². The van der Waals surface area contributed by atoms with E-state index in [1.54, 1.807) is 0 Å². The van der Waals surface area contributed by atoms with Gasteiger partial charge < -0.3 is 20.3 Å². The average Bonchev–Trinajstić information content (AvgIpc) is 3.31. The highest BCUT2D eigenvalue weighted by Crippen LogP contribution is 2.21. The number of piperidine rings is 1. The fourth-order valence-corrected chi connectivity index (χ4v) is 4.23. The van der Waals surface area contributed by atoms with Gasteiger partial charge in [-0.15, -0.1) is 0 Å². The molecule has 0 spiro atoms. The van der Waals surface area contributed by atoms with Gasteiger partial charge in [0.05, 0.1) is 6.04 Å². The lowest BCUT2D eigenvalue weighted by molar-refractivity contribution is -0.135. The molecule has 0 aromatic heterocycles. The number of nitrogens with one attached hydrogen (secondary N) is 2. The maximum absolute atomic E-state index is 12.6. The Morgan fingerprint density at radius 2 is 1.97 bits per heavy atom. The Morgan fingerprint density at radius 3 is 2.79 bits per heavy atom. The third-order valence-corrected chi connectivity index (χ3v) is 5.90. The summed E-state index contributed by atoms with van der Waals surface area (Å²) in [5.74, 6) is 1.11. The minimum atomic E-state index is -0.0494. The number of benzene rings is 2. The number of rotatable bonds is 6. The zero-order valence-electron chi connectivity index (χ0n) is 16.7. The Labute approximate surface area is 171 Å². The highest BCUT2D eigenvalue weighted by Gasteiger charge is 2.26. The van der Waals surface area contributed by atoms with Crippen LogP contribution in [0.25, 0.3) is 10.8 Å². The summed E-state index contributed by atoms with van der Waals surface area (Å²) in [7, 11) is 0. The Morgan fingerprint density at radius 1 is 1.10 bits per heavy atom. The van der Waals surface area contributed by atoms with Crippen molar-refractivity contribution >= 4 is 22.6 Å². The second kappa shape index (κ2) is 9.27. The minimum absolute atomic E-state index is 0.00615. The molecule has 2 atom stereocenters. The van der Waals surface area contributed by atoms with Crippen LogP contribution in [0.15, 0.2) is 42.5 Å². The fourth-order valence-electron chi connectivity index (χ4n) is 4.23. The van der Waals surface area contributed by atoms with Crippen LogP contribution in [0.4, 0.5) is 0 Å². The van der Waals surface area contributed by atoms with Crippen LogP contribution in [0.3, 0.4) is 0 Å². The Kier molecular flexibility index (Phi) is 6.30. The number of likely N-dealkylation sites (tertiary alicyclic amines) is 1. The number of ether oxygens (including phenoxy) is 1. The van der Waals surface area contributed by atoms with Crippen molar-refractivity contribution in [1.29, 1.82) is 0 Å². The first kappa shape index (κ1) is 19.7. The van der Waals surface area contributed by atoms with E-state index in [4.69, 9.17) is 4.74 Å². The van der Waals surface area contributed by atoms with Crippen molar-refractivity contribution in [3.63, 3.8) is 0 Å². The van der Waals surface area contributed by atoms with Crippen molar-refractivity contribution in [2.24, 2.45) is 5.92 Å². The molecular formula is C23H29N3O3. The van der Waals surface area contributed by atoms with E-state index in [1.807, 2.05) is 41.3 Å². The van der Waals surface area contributed by atoms with Crippen molar-refractivity contribution in [1.82, 2.24) is 15.5 Å². The summed E-state index contributed by atoms with van der Waals surface area (Å²) in [4.78, 5) is 26.7. The first-order valence-electron chi connectivity index (χ1n) is 10.6. The van der Waals surface area contributed by atoms with Crippen molar-refractivity contribution in [2.45, 2.75) is 31.7 Å². The summed E-state index contributed by atoms with van der Waals surface area (Å²) in [6, 6.07) is 13.9. The highest BCUT2D eigenvalue weighted by molar-refractivity contribution is 5.84. The minimum Gasteiger partial charge on any atom is -0.484 e. The molecule has 29 heavy (non-hydrogen) atoms. The summed E-state index contributed by atoms with van der Waals surface area (Å²) in [5, 5.41) is 8.53. The van der Waals surface area contributed by atoms with Crippen LogP contribution in [-0.2, 0) is 9.59 Å². The van der Waals surface area contributed by atoms with Crippen molar-refractivity contribution < 1.29 is 14.3 Å². The lowest BCUT2D eigenvalue weighted by Gasteiger charge is -2.33. The largest absolute Gasteiger partial charge is 0.484 e. The normalized spacial score (nSPS) is 21.9. The zero-order chi connectivity index (χ0) is 20.1. The predicted octanol–water partition coefficient (Wildman–Crippen LogP) is 2.33. The van der Waals surface area contributed by atoms with E-state index in [9.17, 15) is 9.59 Å². The van der Waals surface area contributed by atoms with Gasteiger partial charge in [-0.3, -0.25) is 9.59 Å². The average molecular weight is 396 g/mol. The first-order valence-corrected chi connectivity index (χ1v) is 10.6. The molecule has 4 rings (SSSR count). The van der Waals surface area contributed by atoms with Crippen molar-refractivity contribution in [3.8, 4) is 5.75 Å². The third kappa shape index (κ3) is 5.07. The monoisotopic (exact) mass is 395 g/mol. The third-order valence-electron chi connectivity index (χ3n) is 5.90. The number of amides is 2. The molecule has 2 heterocycles. The second-order valence-corrected chi connectivity index (χ2v) is 8.04. The lowest BCUT2D eigenvalue weighted by Crippen LogP contribution is -2.47. The summed E-state index contributed by atoms with van der Waals surface area (Å²) in [5.41, 5.74) is 0. The molecule has 2 saturated heterocycles. The number of carbonyl (C=O) groups is 2. The summed E-state index contributed by atoms with van der Waals surface area (Å²) < 4.78 is 5.76. The van der Waals surface area contributed by atoms with Gasteiger partial charge >= 0.3 is 0 Å². The maximum atomic E-state index is 12.6. The van der Waals surface area contributed by atoms with Gasteiger partial charge in [-0.05, 0) is 61.1 Å². The maximum Gasteiger partial charge on any atom is 0.260 e. The van der Waals surface area contributed by atoms with Gasteiger partial charge in [0.2, 0.25) is 5.91 Å². The Balaban J connectivity index is 1.25. The van der Waals surface area contributed by atoms with E-state index in [2.05, 4.69) is 16.7 Å². The summed E-state index contributed by atoms with van der Waals surface area (Å²) in [6.45, 7) is 3.03. The van der Waals surface area contributed by atoms with Gasteiger partial charge in [0.25, 0.3) is 5.91 Å². The van der Waals surface area contributed by atoms with Crippen LogP contribution in [0.5, 0.6) is 5.75 Å². The van der Waals surface area contributed by atoms with Gasteiger partial charge in [0, 0.05) is 19.6 Å². The number of hydrogen-bond acceptors (Lipinski definition) is 4. The first-order chi connectivity index (χ1) is 14.2. The van der Waals surface area contributed by atoms with Gasteiger partial charge in [-0.25, -0.2) is 0 Å². The molecular weight excluding hydrogens is 366 g/mol. The molecule has 154 valence electrons. The number of fused-ring (bicyclic) bond motifs is 1. The summed E-state index contributed by atoms with van der Waals surface area (Å²) >= 11 is 0. The van der Waals surface area contributed by atoms with E-state index in [0.29, 0.717) is 24.8 Å². The number of hydrogen-bond donors (Lipinski definition) is 2. The molecule has 2 N–H and O–H groups in total. The molecule has 2 unspecified atom stereocenters. The SMILES string of the molecule is O=C(NCC1CCCN(C(=O)COc2ccc3ccccc3c2)C1)C1CCCN1. The lowest BCUT2D eigenvalue weighted by atomic mass is 9.97. The molecule has 6 nitrogen and oxygen atoms in total. The molecule has 2 aromatic carbocycles. The molecule has 0 aliphatic carbocycles. The molecule has 2 amide bonds. The fraction of sp³-hybridized carbons (Fsp3) is 0.478. The van der Waals surface area contributed by atoms with Gasteiger partial charge in [0.1, 0.15) is 5.75 Å². The van der Waals surface area contributed by atoms with Crippen LogP contribution in [-0.4, -0.2) is 55.5 Å². The number of nitrogens with zero attached hydrogens (tertiary/aromatic N) is 1. The molecule has 2 aromatic rings. The van der Waals surface area contributed by atoms with Crippen LogP contribution in [0, 0.1) is 5.92 Å². The summed E-state index contributed by atoms with van der Waals surface area (Å²) in [6.07, 6.45) is 3.96. The molecule has 6 heteroatoms. The van der Waals surface area contributed by atoms with Crippen molar-refractivity contribution in [2.75, 3.05) is 32.8 Å². The van der Waals surface area contributed by atoms with Gasteiger partial charge in [0.15, 0.2) is 6.61 Å². The molecule has 2 aliphatic heterocycles. The van der Waals surface area contributed by atoms with Crippen LogP contribution in [0.1, 0.15) is 25.7 Å². The molecule has 2 aliphatic rings. The van der Waals surface area contributed by atoms with E-state index in [0.717, 1.165) is 49.5 Å². The highest BCUT2D eigenvalue weighted by atomic mass is 16.5. The van der Waals surface area contributed by atoms with Gasteiger partial charge in [-0.1, -0.05) is 30.3 Å². The van der Waals surface area contributed by atoms with Gasteiger partial charge in [-0.2, -0.15) is 0 Å². The van der Waals surface area contributed by atoms with E-state index >= 15 is 0 Å². The standard InChI is InChI=1S/C23H29N3O3/c27-22(16-29-20-10-9-18-6-1-2-7-19(18)13-20)26-12-4-5-17(15-26)14-25-23(28)21-8-3-11-24-21/h1-2,6-7,9-10,13,17,21,24H,3-5,8,11-12,14-16H2,(H,25,28). The molecule has 0 saturated carbocycles. The topological polar surface area (TPSA) is 70.7 Å². The van der Waals surface area contributed by atoms with E-state index in [1.165, 1.54) is 0 Å². The van der Waals surface area contributed by atoms with Crippen LogP contribution < -0.4 is 15.4 Å². The predicted molar refractivity (Wildman–Crippen MR) is 113 cm³/mol. The van der Waals surface area contributed by atoms with Crippen molar-refractivity contribution in [3.05, 3.63) is 42.5 Å². The molecule has 2 fully saturated rings. The van der Waals surface area contributed by atoms with E-state index < -0.39 is 0 Å². The second-order valence-electron chi connectivity index (χ2n) is 8.04. The Bertz CT molecular complexity index is 863.